The summed E-state index contributed by atoms with van der Waals surface area (Å²) in [7, 11) is 1.75. The van der Waals surface area contributed by atoms with Crippen LogP contribution in [0, 0.1) is 0 Å². The van der Waals surface area contributed by atoms with E-state index in [2.05, 4.69) is 103 Å². The van der Waals surface area contributed by atoms with E-state index < -0.39 is 0 Å². The Balaban J connectivity index is 1.49. The molecular weight excluding hydrogens is 412 g/mol. The van der Waals surface area contributed by atoms with Crippen molar-refractivity contribution < 1.29 is 4.74 Å². The van der Waals surface area contributed by atoms with E-state index in [9.17, 15) is 0 Å². The Kier molecular flexibility index (Phi) is 4.10. The third-order valence-electron chi connectivity index (χ3n) is 7.65. The van der Waals surface area contributed by atoms with Gasteiger partial charge in [0.05, 0.1) is 12.5 Å². The van der Waals surface area contributed by atoms with Crippen molar-refractivity contribution in [3.8, 4) is 28.0 Å². The van der Waals surface area contributed by atoms with Gasteiger partial charge in [-0.3, -0.25) is 0 Å². The number of methoxy groups -OCH3 is 1. The summed E-state index contributed by atoms with van der Waals surface area (Å²) in [5, 5.41) is 0. The Bertz CT molecular complexity index is 1530. The summed E-state index contributed by atoms with van der Waals surface area (Å²) in [6.45, 7) is 0. The molecule has 0 saturated carbocycles. The van der Waals surface area contributed by atoms with Crippen molar-refractivity contribution in [1.82, 2.24) is 0 Å². The van der Waals surface area contributed by atoms with E-state index >= 15 is 0 Å². The zero-order valence-corrected chi connectivity index (χ0v) is 19.1. The fourth-order valence-electron chi connectivity index (χ4n) is 6.33. The SMILES string of the molecule is COc1ccccc1Cc1ccc2c(c1)-c1ccccc1C21c2ccccc2-c2ccccc21. The van der Waals surface area contributed by atoms with Gasteiger partial charge in [0, 0.05) is 6.42 Å². The highest BCUT2D eigenvalue weighted by Crippen LogP contribution is 2.62. The minimum Gasteiger partial charge on any atom is -0.496 e. The van der Waals surface area contributed by atoms with Gasteiger partial charge in [-0.2, -0.15) is 0 Å². The first kappa shape index (κ1) is 19.4. The summed E-state index contributed by atoms with van der Waals surface area (Å²) in [6, 6.07) is 42.3. The van der Waals surface area contributed by atoms with Crippen LogP contribution in [-0.2, 0) is 11.8 Å². The van der Waals surface area contributed by atoms with Crippen LogP contribution in [0.4, 0.5) is 0 Å². The summed E-state index contributed by atoms with van der Waals surface area (Å²) < 4.78 is 5.62. The molecule has 7 rings (SSSR count). The first-order chi connectivity index (χ1) is 16.8. The van der Waals surface area contributed by atoms with Crippen molar-refractivity contribution >= 4 is 0 Å². The summed E-state index contributed by atoms with van der Waals surface area (Å²) in [6.07, 6.45) is 0.847. The lowest BCUT2D eigenvalue weighted by molar-refractivity contribution is 0.410. The van der Waals surface area contributed by atoms with Crippen molar-refractivity contribution in [1.29, 1.82) is 0 Å². The molecule has 0 amide bonds. The van der Waals surface area contributed by atoms with Crippen molar-refractivity contribution in [2.75, 3.05) is 7.11 Å². The van der Waals surface area contributed by atoms with Crippen LogP contribution in [0.2, 0.25) is 0 Å². The highest BCUT2D eigenvalue weighted by Gasteiger charge is 2.51. The van der Waals surface area contributed by atoms with Crippen LogP contribution in [0.3, 0.4) is 0 Å². The van der Waals surface area contributed by atoms with E-state index in [0.29, 0.717) is 0 Å². The zero-order valence-electron chi connectivity index (χ0n) is 19.1. The molecule has 162 valence electrons. The predicted octanol–water partition coefficient (Wildman–Crippen LogP) is 7.63. The quantitative estimate of drug-likeness (QED) is 0.277. The fourth-order valence-corrected chi connectivity index (χ4v) is 6.33. The van der Waals surface area contributed by atoms with Crippen molar-refractivity contribution in [3.05, 3.63) is 149 Å². The van der Waals surface area contributed by atoms with Gasteiger partial charge in [-0.15, -0.1) is 0 Å². The second-order valence-corrected chi connectivity index (χ2v) is 9.26. The van der Waals surface area contributed by atoms with Crippen LogP contribution >= 0.6 is 0 Å². The molecule has 0 atom stereocenters. The summed E-state index contributed by atoms with van der Waals surface area (Å²) in [4.78, 5) is 0. The van der Waals surface area contributed by atoms with Crippen molar-refractivity contribution in [2.45, 2.75) is 11.8 Å². The molecule has 0 saturated heterocycles. The maximum atomic E-state index is 5.62. The molecule has 0 N–H and O–H groups in total. The standard InChI is InChI=1S/C33H24O/c1-34-32-17-9-2-10-23(32)20-22-18-19-31-27(21-22)26-13-5-8-16-30(26)33(31)28-14-6-3-11-24(28)25-12-4-7-15-29(25)33/h2-19,21H,20H2,1H3. The molecule has 2 aliphatic rings. The van der Waals surface area contributed by atoms with E-state index in [4.69, 9.17) is 4.74 Å². The Morgan fingerprint density at radius 1 is 0.529 bits per heavy atom. The molecule has 0 radical (unpaired) electrons. The minimum atomic E-state index is -0.262. The van der Waals surface area contributed by atoms with E-state index in [-0.39, 0.29) is 5.41 Å². The highest BCUT2D eigenvalue weighted by molar-refractivity contribution is 5.95. The lowest BCUT2D eigenvalue weighted by atomic mass is 9.70. The van der Waals surface area contributed by atoms with Gasteiger partial charge in [0.2, 0.25) is 0 Å². The van der Waals surface area contributed by atoms with E-state index in [1.54, 1.807) is 7.11 Å². The highest BCUT2D eigenvalue weighted by atomic mass is 16.5. The molecule has 5 aromatic rings. The Morgan fingerprint density at radius 3 is 1.65 bits per heavy atom. The van der Waals surface area contributed by atoms with Crippen LogP contribution in [0.1, 0.15) is 33.4 Å². The smallest absolute Gasteiger partial charge is 0.122 e. The monoisotopic (exact) mass is 436 g/mol. The normalized spacial score (nSPS) is 13.8. The topological polar surface area (TPSA) is 9.23 Å². The molecule has 1 heteroatoms. The molecule has 2 aliphatic carbocycles. The molecule has 1 spiro atoms. The summed E-state index contributed by atoms with van der Waals surface area (Å²) >= 11 is 0. The van der Waals surface area contributed by atoms with Crippen molar-refractivity contribution in [2.24, 2.45) is 0 Å². The number of hydrogen-bond acceptors (Lipinski definition) is 1. The second kappa shape index (κ2) is 7.20. The Hall–Kier alpha value is -4.10. The van der Waals surface area contributed by atoms with Crippen LogP contribution in [0.5, 0.6) is 5.75 Å². The van der Waals surface area contributed by atoms with Gasteiger partial charge in [-0.25, -0.2) is 0 Å². The summed E-state index contributed by atoms with van der Waals surface area (Å²) in [5.74, 6) is 0.943. The van der Waals surface area contributed by atoms with Crippen molar-refractivity contribution in [3.63, 3.8) is 0 Å². The molecule has 34 heavy (non-hydrogen) atoms. The molecule has 0 bridgehead atoms. The van der Waals surface area contributed by atoms with Gasteiger partial charge in [0.1, 0.15) is 5.75 Å². The molecule has 0 fully saturated rings. The van der Waals surface area contributed by atoms with E-state index in [0.717, 1.165) is 12.2 Å². The number of ether oxygens (including phenoxy) is 1. The fraction of sp³-hybridized carbons (Fsp3) is 0.0909. The van der Waals surface area contributed by atoms with Gasteiger partial charge in [0.15, 0.2) is 0 Å². The van der Waals surface area contributed by atoms with Gasteiger partial charge in [-0.05, 0) is 61.7 Å². The van der Waals surface area contributed by atoms with Crippen LogP contribution in [0.15, 0.2) is 115 Å². The van der Waals surface area contributed by atoms with Gasteiger partial charge < -0.3 is 4.74 Å². The lowest BCUT2D eigenvalue weighted by Crippen LogP contribution is -2.25. The predicted molar refractivity (Wildman–Crippen MR) is 139 cm³/mol. The van der Waals surface area contributed by atoms with Gasteiger partial charge in [-0.1, -0.05) is 109 Å². The van der Waals surface area contributed by atoms with E-state index in [1.807, 2.05) is 12.1 Å². The third kappa shape index (κ3) is 2.44. The number of rotatable bonds is 3. The molecule has 0 unspecified atom stereocenters. The van der Waals surface area contributed by atoms with Crippen LogP contribution < -0.4 is 4.74 Å². The minimum absolute atomic E-state index is 0.262. The Morgan fingerprint density at radius 2 is 1.03 bits per heavy atom. The maximum Gasteiger partial charge on any atom is 0.122 e. The van der Waals surface area contributed by atoms with Crippen LogP contribution in [0.25, 0.3) is 22.3 Å². The van der Waals surface area contributed by atoms with E-state index in [1.165, 1.54) is 55.6 Å². The summed E-state index contributed by atoms with van der Waals surface area (Å²) in [5.41, 5.74) is 13.2. The molecule has 0 aliphatic heterocycles. The second-order valence-electron chi connectivity index (χ2n) is 9.26. The Labute approximate surface area is 200 Å². The maximum absolute atomic E-state index is 5.62. The first-order valence-electron chi connectivity index (χ1n) is 11.9. The van der Waals surface area contributed by atoms with Crippen LogP contribution in [-0.4, -0.2) is 7.11 Å². The average molecular weight is 437 g/mol. The number of hydrogen-bond donors (Lipinski definition) is 0. The number of benzene rings is 5. The molecule has 1 nitrogen and oxygen atoms in total. The van der Waals surface area contributed by atoms with Gasteiger partial charge in [0.25, 0.3) is 0 Å². The molecular formula is C33H24O. The number of fused-ring (bicyclic) bond motifs is 10. The molecule has 0 heterocycles. The first-order valence-corrected chi connectivity index (χ1v) is 11.9. The molecule has 5 aromatic carbocycles. The number of para-hydroxylation sites is 1. The third-order valence-corrected chi connectivity index (χ3v) is 7.65. The zero-order chi connectivity index (χ0) is 22.7. The average Bonchev–Trinajstić information content (AvgIpc) is 3.36. The van der Waals surface area contributed by atoms with Gasteiger partial charge >= 0.3 is 0 Å². The largest absolute Gasteiger partial charge is 0.496 e. The lowest BCUT2D eigenvalue weighted by Gasteiger charge is -2.30. The molecule has 0 aromatic heterocycles.